The van der Waals surface area contributed by atoms with Crippen LogP contribution in [-0.2, 0) is 4.74 Å². The van der Waals surface area contributed by atoms with Crippen molar-refractivity contribution < 1.29 is 14.0 Å². The van der Waals surface area contributed by atoms with Crippen molar-refractivity contribution in [2.45, 2.75) is 45.6 Å². The molecular formula is C18H28NO2+. The zero-order chi connectivity index (χ0) is 15.5. The molecule has 0 radical (unpaired) electrons. The Hall–Kier alpha value is -1.19. The Labute approximate surface area is 128 Å². The highest BCUT2D eigenvalue weighted by atomic mass is 16.5. The first-order chi connectivity index (χ1) is 9.99. The minimum atomic E-state index is 0.236. The van der Waals surface area contributed by atoms with Gasteiger partial charge in [-0.2, -0.15) is 0 Å². The smallest absolute Gasteiger partial charge is 0.345 e. The molecule has 0 aromatic heterocycles. The van der Waals surface area contributed by atoms with Gasteiger partial charge in [-0.05, 0) is 30.5 Å². The van der Waals surface area contributed by atoms with Gasteiger partial charge in [-0.1, -0.05) is 26.0 Å². The second-order valence-electron chi connectivity index (χ2n) is 6.51. The lowest BCUT2D eigenvalue weighted by Crippen LogP contribution is -2.57. The van der Waals surface area contributed by atoms with Gasteiger partial charge >= 0.3 is 5.91 Å². The summed E-state index contributed by atoms with van der Waals surface area (Å²) in [5.41, 5.74) is 2.11. The highest BCUT2D eigenvalue weighted by Gasteiger charge is 2.40. The zero-order valence-electron chi connectivity index (χ0n) is 13.8. The summed E-state index contributed by atoms with van der Waals surface area (Å²) in [6.07, 6.45) is 1.94. The number of benzene rings is 1. The van der Waals surface area contributed by atoms with Crippen molar-refractivity contribution in [3.63, 3.8) is 0 Å². The number of quaternary nitrogens is 1. The first-order valence-electron chi connectivity index (χ1n) is 8.07. The van der Waals surface area contributed by atoms with Crippen molar-refractivity contribution in [3.05, 3.63) is 35.4 Å². The predicted octanol–water partition coefficient (Wildman–Crippen LogP) is 3.60. The number of amides is 1. The van der Waals surface area contributed by atoms with E-state index >= 15 is 0 Å². The maximum absolute atomic E-state index is 13.0. The fourth-order valence-corrected chi connectivity index (χ4v) is 3.13. The number of carbonyl (C=O) groups excluding carboxylic acids is 1. The molecule has 1 aliphatic rings. The van der Waals surface area contributed by atoms with Gasteiger partial charge in [0, 0.05) is 12.8 Å². The van der Waals surface area contributed by atoms with Crippen molar-refractivity contribution in [3.8, 4) is 0 Å². The Kier molecular flexibility index (Phi) is 5.17. The average molecular weight is 290 g/mol. The molecule has 1 aliphatic heterocycles. The molecule has 1 aromatic rings. The molecule has 0 bridgehead atoms. The van der Waals surface area contributed by atoms with Gasteiger partial charge < -0.3 is 4.74 Å². The van der Waals surface area contributed by atoms with E-state index in [0.717, 1.165) is 38.2 Å². The number of nitrogens with zero attached hydrogens (tertiary/aromatic N) is 1. The molecule has 0 spiro atoms. The van der Waals surface area contributed by atoms with Crippen LogP contribution in [0.15, 0.2) is 24.3 Å². The van der Waals surface area contributed by atoms with Gasteiger partial charge in [0.1, 0.15) is 6.04 Å². The summed E-state index contributed by atoms with van der Waals surface area (Å²) in [6, 6.07) is 8.52. The Morgan fingerprint density at radius 2 is 1.81 bits per heavy atom. The third-order valence-corrected chi connectivity index (χ3v) is 4.94. The summed E-state index contributed by atoms with van der Waals surface area (Å²) >= 11 is 0. The maximum atomic E-state index is 13.0. The van der Waals surface area contributed by atoms with Crippen LogP contribution in [0.4, 0.5) is 0 Å². The lowest BCUT2D eigenvalue weighted by Gasteiger charge is -2.40. The topological polar surface area (TPSA) is 26.3 Å². The Balaban J connectivity index is 2.22. The molecule has 1 amide bonds. The van der Waals surface area contributed by atoms with Gasteiger partial charge in [0.25, 0.3) is 0 Å². The van der Waals surface area contributed by atoms with Gasteiger partial charge in [0.15, 0.2) is 0 Å². The van der Waals surface area contributed by atoms with E-state index in [1.807, 2.05) is 12.1 Å². The molecule has 3 nitrogen and oxygen atoms in total. The second kappa shape index (κ2) is 6.71. The molecule has 0 saturated carbocycles. The summed E-state index contributed by atoms with van der Waals surface area (Å²) < 4.78 is 5.94. The molecule has 3 heteroatoms. The summed E-state index contributed by atoms with van der Waals surface area (Å²) in [5, 5.41) is 0. The number of hydrogen-bond acceptors (Lipinski definition) is 2. The first kappa shape index (κ1) is 16.2. The molecule has 0 N–H and O–H groups in total. The molecule has 1 heterocycles. The molecule has 116 valence electrons. The van der Waals surface area contributed by atoms with Crippen molar-refractivity contribution in [2.75, 3.05) is 26.8 Å². The largest absolute Gasteiger partial charge is 0.381 e. The summed E-state index contributed by atoms with van der Waals surface area (Å²) in [5.74, 6) is 0.733. The Morgan fingerprint density at radius 3 is 2.29 bits per heavy atom. The van der Waals surface area contributed by atoms with Crippen LogP contribution in [0.25, 0.3) is 0 Å². The highest BCUT2D eigenvalue weighted by Crippen LogP contribution is 2.25. The quantitative estimate of drug-likeness (QED) is 0.792. The van der Waals surface area contributed by atoms with E-state index in [2.05, 4.69) is 40.0 Å². The normalized spacial score (nSPS) is 19.5. The van der Waals surface area contributed by atoms with E-state index in [4.69, 9.17) is 4.74 Å². The van der Waals surface area contributed by atoms with Crippen molar-refractivity contribution in [2.24, 2.45) is 0 Å². The molecule has 1 aromatic carbocycles. The van der Waals surface area contributed by atoms with Crippen LogP contribution >= 0.6 is 0 Å². The summed E-state index contributed by atoms with van der Waals surface area (Å²) in [6.45, 7) is 8.83. The SMILES string of the molecule is CC[N+](C)(C(=O)c1ccc(C(C)C)cc1)C1CCOCC1. The number of rotatable bonds is 4. The van der Waals surface area contributed by atoms with E-state index in [1.54, 1.807) is 0 Å². The number of ether oxygens (including phenoxy) is 1. The molecule has 1 saturated heterocycles. The third-order valence-electron chi connectivity index (χ3n) is 4.94. The van der Waals surface area contributed by atoms with E-state index < -0.39 is 0 Å². The molecule has 0 aliphatic carbocycles. The fourth-order valence-electron chi connectivity index (χ4n) is 3.13. The standard InChI is InChI=1S/C18H28NO2/c1-5-19(4,17-10-12-21-13-11-17)18(20)16-8-6-15(7-9-16)14(2)3/h6-9,14,17H,5,10-13H2,1-4H3/q+1. The van der Waals surface area contributed by atoms with Crippen LogP contribution in [0.5, 0.6) is 0 Å². The zero-order valence-corrected chi connectivity index (χ0v) is 13.8. The van der Waals surface area contributed by atoms with Crippen molar-refractivity contribution >= 4 is 5.91 Å². The molecule has 2 rings (SSSR count). The monoisotopic (exact) mass is 290 g/mol. The van der Waals surface area contributed by atoms with E-state index in [-0.39, 0.29) is 5.91 Å². The Bertz CT molecular complexity index is 474. The van der Waals surface area contributed by atoms with Crippen LogP contribution in [0.3, 0.4) is 0 Å². The van der Waals surface area contributed by atoms with Gasteiger partial charge in [-0.25, -0.2) is 4.79 Å². The third kappa shape index (κ3) is 3.35. The molecular weight excluding hydrogens is 262 g/mol. The van der Waals surface area contributed by atoms with Gasteiger partial charge in [0.2, 0.25) is 0 Å². The van der Waals surface area contributed by atoms with Crippen LogP contribution in [0.1, 0.15) is 55.5 Å². The summed E-state index contributed by atoms with van der Waals surface area (Å²) in [7, 11) is 2.08. The van der Waals surface area contributed by atoms with Crippen molar-refractivity contribution in [1.82, 2.24) is 0 Å². The maximum Gasteiger partial charge on any atom is 0.345 e. The van der Waals surface area contributed by atoms with E-state index in [1.165, 1.54) is 5.56 Å². The molecule has 1 unspecified atom stereocenters. The van der Waals surface area contributed by atoms with Crippen molar-refractivity contribution in [1.29, 1.82) is 0 Å². The lowest BCUT2D eigenvalue weighted by atomic mass is 9.99. The van der Waals surface area contributed by atoms with E-state index in [9.17, 15) is 4.79 Å². The molecule has 1 atom stereocenters. The summed E-state index contributed by atoms with van der Waals surface area (Å²) in [4.78, 5) is 13.0. The minimum Gasteiger partial charge on any atom is -0.381 e. The van der Waals surface area contributed by atoms with Crippen LogP contribution in [-0.4, -0.2) is 43.2 Å². The number of carbonyl (C=O) groups is 1. The van der Waals surface area contributed by atoms with Crippen LogP contribution in [0, 0.1) is 0 Å². The lowest BCUT2D eigenvalue weighted by molar-refractivity contribution is -0.855. The van der Waals surface area contributed by atoms with Gasteiger partial charge in [-0.3, -0.25) is 4.48 Å². The first-order valence-corrected chi connectivity index (χ1v) is 8.07. The molecule has 1 fully saturated rings. The second-order valence-corrected chi connectivity index (χ2v) is 6.51. The van der Waals surface area contributed by atoms with Gasteiger partial charge in [-0.15, -0.1) is 0 Å². The van der Waals surface area contributed by atoms with Crippen LogP contribution < -0.4 is 0 Å². The average Bonchev–Trinajstić information content (AvgIpc) is 2.54. The predicted molar refractivity (Wildman–Crippen MR) is 85.4 cm³/mol. The minimum absolute atomic E-state index is 0.236. The molecule has 21 heavy (non-hydrogen) atoms. The fraction of sp³-hybridized carbons (Fsp3) is 0.611. The number of hydrogen-bond donors (Lipinski definition) is 0. The van der Waals surface area contributed by atoms with Gasteiger partial charge in [0.05, 0.1) is 32.4 Å². The van der Waals surface area contributed by atoms with E-state index in [0.29, 0.717) is 16.4 Å². The highest BCUT2D eigenvalue weighted by molar-refractivity contribution is 5.89. The van der Waals surface area contributed by atoms with Crippen LogP contribution in [0.2, 0.25) is 0 Å². The Morgan fingerprint density at radius 1 is 1.24 bits per heavy atom.